The van der Waals surface area contributed by atoms with Crippen molar-refractivity contribution in [3.8, 4) is 6.07 Å². The van der Waals surface area contributed by atoms with E-state index in [0.717, 1.165) is 22.7 Å². The number of anilines is 2. The third-order valence-electron chi connectivity index (χ3n) is 2.88. The molecule has 0 bridgehead atoms. The molecule has 0 unspecified atom stereocenters. The van der Waals surface area contributed by atoms with Gasteiger partial charge in [-0.25, -0.2) is 4.79 Å². The fourth-order valence-corrected chi connectivity index (χ4v) is 4.45. The zero-order chi connectivity index (χ0) is 18.6. The fraction of sp³-hybridized carbons (Fsp3) is 0.286. The maximum atomic E-state index is 12.2. The number of esters is 1. The van der Waals surface area contributed by atoms with Gasteiger partial charge in [0.05, 0.1) is 27.4 Å². The Hall–Kier alpha value is -1.86. The van der Waals surface area contributed by atoms with Crippen LogP contribution in [0.1, 0.15) is 21.5 Å². The molecule has 2 N–H and O–H groups in total. The summed E-state index contributed by atoms with van der Waals surface area (Å²) in [7, 11) is 0. The largest absolute Gasteiger partial charge is 0.462 e. The molecule has 0 aromatic carbocycles. The van der Waals surface area contributed by atoms with E-state index in [9.17, 15) is 19.6 Å². The fourth-order valence-electron chi connectivity index (χ4n) is 1.97. The Morgan fingerprint density at radius 2 is 1.72 bits per heavy atom. The molecule has 2 aromatic rings. The molecule has 2 heterocycles. The molecule has 25 heavy (non-hydrogen) atoms. The summed E-state index contributed by atoms with van der Waals surface area (Å²) in [5.74, 6) is -2.30. The van der Waals surface area contributed by atoms with Gasteiger partial charge in [0.1, 0.15) is 27.6 Å². The van der Waals surface area contributed by atoms with Gasteiger partial charge in [-0.3, -0.25) is 9.59 Å². The van der Waals surface area contributed by atoms with Gasteiger partial charge in [0.2, 0.25) is 11.8 Å². The number of hydrogen-bond acceptors (Lipinski definition) is 7. The number of rotatable bonds is 6. The Morgan fingerprint density at radius 1 is 1.12 bits per heavy atom. The molecule has 2 amide bonds. The van der Waals surface area contributed by atoms with E-state index in [1.807, 2.05) is 6.07 Å². The number of fused-ring (bicyclic) bond motifs is 1. The number of hydrogen-bond donors (Lipinski definition) is 2. The van der Waals surface area contributed by atoms with Crippen molar-refractivity contribution in [2.24, 2.45) is 0 Å². The summed E-state index contributed by atoms with van der Waals surface area (Å²) in [4.78, 5) is 36.0. The van der Waals surface area contributed by atoms with Crippen LogP contribution in [-0.2, 0) is 14.3 Å². The van der Waals surface area contributed by atoms with Crippen molar-refractivity contribution in [1.82, 2.24) is 0 Å². The molecule has 0 fully saturated rings. The van der Waals surface area contributed by atoms with Crippen LogP contribution in [0.5, 0.6) is 0 Å². The first-order valence-electron chi connectivity index (χ1n) is 6.84. The van der Waals surface area contributed by atoms with Crippen LogP contribution in [0.2, 0.25) is 0 Å². The molecule has 0 radical (unpaired) electrons. The van der Waals surface area contributed by atoms with Gasteiger partial charge in [0, 0.05) is 0 Å². The molecule has 132 valence electrons. The first-order valence-corrected chi connectivity index (χ1v) is 9.55. The van der Waals surface area contributed by atoms with Crippen molar-refractivity contribution >= 4 is 84.4 Å². The third kappa shape index (κ3) is 4.04. The molecule has 0 saturated carbocycles. The van der Waals surface area contributed by atoms with Gasteiger partial charge in [-0.05, 0) is 6.92 Å². The quantitative estimate of drug-likeness (QED) is 0.550. The zero-order valence-corrected chi connectivity index (χ0v) is 15.9. The lowest BCUT2D eigenvalue weighted by Gasteiger charge is -2.08. The normalized spacial score (nSPS) is 10.3. The topological polar surface area (TPSA) is 108 Å². The van der Waals surface area contributed by atoms with E-state index in [-0.39, 0.29) is 39.5 Å². The van der Waals surface area contributed by atoms with Crippen molar-refractivity contribution < 1.29 is 19.1 Å². The molecule has 0 aliphatic rings. The number of carbonyl (C=O) groups is 3. The molecule has 0 aliphatic carbocycles. The standard InChI is InChI=1S/C14H11Cl2N3O4S2/c1-2-23-13(22)12-11(19-8(21)4-16)9-10(18-7(20)3-15)6(5-17)24-14(9)25-12/h2-4H2,1H3,(H,18,20)(H,19,21). The summed E-state index contributed by atoms with van der Waals surface area (Å²) < 4.78 is 5.58. The molecule has 2 rings (SSSR count). The zero-order valence-electron chi connectivity index (χ0n) is 12.8. The monoisotopic (exact) mass is 419 g/mol. The molecule has 0 aliphatic heterocycles. The summed E-state index contributed by atoms with van der Waals surface area (Å²) in [6.45, 7) is 1.82. The summed E-state index contributed by atoms with van der Waals surface area (Å²) in [5, 5.41) is 14.7. The highest BCUT2D eigenvalue weighted by Crippen LogP contribution is 2.47. The number of nitrogens with one attached hydrogen (secondary N) is 2. The van der Waals surface area contributed by atoms with E-state index >= 15 is 0 Å². The van der Waals surface area contributed by atoms with Crippen LogP contribution in [0.4, 0.5) is 11.4 Å². The Balaban J connectivity index is 2.69. The number of carbonyl (C=O) groups excluding carboxylic acids is 3. The molecular formula is C14H11Cl2N3O4S2. The summed E-state index contributed by atoms with van der Waals surface area (Å²) >= 11 is 13.2. The van der Waals surface area contributed by atoms with E-state index in [2.05, 4.69) is 10.6 Å². The van der Waals surface area contributed by atoms with Gasteiger partial charge in [0.15, 0.2) is 0 Å². The second kappa shape index (κ2) is 8.49. The Labute approximate surface area is 160 Å². The van der Waals surface area contributed by atoms with Gasteiger partial charge in [-0.15, -0.1) is 45.9 Å². The number of nitriles is 1. The summed E-state index contributed by atoms with van der Waals surface area (Å²) in [6.07, 6.45) is 0. The Bertz CT molecular complexity index is 885. The summed E-state index contributed by atoms with van der Waals surface area (Å²) in [5.41, 5.74) is 0.358. The number of halogens is 2. The van der Waals surface area contributed by atoms with Crippen LogP contribution >= 0.6 is 45.9 Å². The highest BCUT2D eigenvalue weighted by atomic mass is 35.5. The van der Waals surface area contributed by atoms with E-state index in [1.165, 1.54) is 0 Å². The summed E-state index contributed by atoms with van der Waals surface area (Å²) in [6, 6.07) is 1.98. The van der Waals surface area contributed by atoms with E-state index in [4.69, 9.17) is 27.9 Å². The average Bonchev–Trinajstić information content (AvgIpc) is 3.12. The van der Waals surface area contributed by atoms with Crippen LogP contribution in [0.25, 0.3) is 9.40 Å². The molecule has 7 nitrogen and oxygen atoms in total. The number of alkyl halides is 2. The predicted molar refractivity (Wildman–Crippen MR) is 99.1 cm³/mol. The maximum absolute atomic E-state index is 12.2. The smallest absolute Gasteiger partial charge is 0.350 e. The van der Waals surface area contributed by atoms with Gasteiger partial charge in [0.25, 0.3) is 0 Å². The second-order valence-electron chi connectivity index (χ2n) is 4.47. The Morgan fingerprint density at radius 3 is 2.24 bits per heavy atom. The minimum absolute atomic E-state index is 0.159. The van der Waals surface area contributed by atoms with Crippen LogP contribution in [0.3, 0.4) is 0 Å². The average molecular weight is 420 g/mol. The van der Waals surface area contributed by atoms with Crippen molar-refractivity contribution in [2.45, 2.75) is 6.92 Å². The molecule has 2 aromatic heterocycles. The Kier molecular flexibility index (Phi) is 6.61. The first-order chi connectivity index (χ1) is 12.0. The SMILES string of the molecule is CCOC(=O)c1sc2sc(C#N)c(NC(=O)CCl)c2c1NC(=O)CCl. The lowest BCUT2D eigenvalue weighted by Crippen LogP contribution is -2.16. The minimum Gasteiger partial charge on any atom is -0.462 e. The number of thiophene rings is 2. The molecule has 0 saturated heterocycles. The highest BCUT2D eigenvalue weighted by molar-refractivity contribution is 7.40. The first kappa shape index (κ1) is 19.5. The van der Waals surface area contributed by atoms with Crippen LogP contribution in [0.15, 0.2) is 0 Å². The number of amides is 2. The van der Waals surface area contributed by atoms with Crippen molar-refractivity contribution in [2.75, 3.05) is 29.0 Å². The lowest BCUT2D eigenvalue weighted by molar-refractivity contribution is -0.114. The van der Waals surface area contributed by atoms with E-state index in [1.54, 1.807) is 6.92 Å². The molecule has 0 spiro atoms. The van der Waals surface area contributed by atoms with Gasteiger partial charge >= 0.3 is 5.97 Å². The molecule has 0 atom stereocenters. The van der Waals surface area contributed by atoms with Crippen LogP contribution < -0.4 is 10.6 Å². The van der Waals surface area contributed by atoms with Crippen molar-refractivity contribution in [3.05, 3.63) is 9.75 Å². The third-order valence-corrected chi connectivity index (χ3v) is 5.72. The van der Waals surface area contributed by atoms with E-state index in [0.29, 0.717) is 9.40 Å². The highest BCUT2D eigenvalue weighted by Gasteiger charge is 2.27. The van der Waals surface area contributed by atoms with Crippen molar-refractivity contribution in [3.63, 3.8) is 0 Å². The van der Waals surface area contributed by atoms with Gasteiger partial charge in [-0.2, -0.15) is 5.26 Å². The second-order valence-corrected chi connectivity index (χ2v) is 7.30. The maximum Gasteiger partial charge on any atom is 0.350 e. The lowest BCUT2D eigenvalue weighted by atomic mass is 10.2. The van der Waals surface area contributed by atoms with Crippen molar-refractivity contribution in [1.29, 1.82) is 5.26 Å². The predicted octanol–water partition coefficient (Wildman–Crippen LogP) is 3.37. The minimum atomic E-state index is -0.617. The van der Waals surface area contributed by atoms with E-state index < -0.39 is 17.8 Å². The van der Waals surface area contributed by atoms with Crippen LogP contribution in [0, 0.1) is 11.3 Å². The van der Waals surface area contributed by atoms with Gasteiger partial charge < -0.3 is 15.4 Å². The van der Waals surface area contributed by atoms with Gasteiger partial charge in [-0.1, -0.05) is 0 Å². The number of ether oxygens (including phenoxy) is 1. The molecular weight excluding hydrogens is 409 g/mol. The molecule has 11 heteroatoms. The number of nitrogens with zero attached hydrogens (tertiary/aromatic N) is 1. The van der Waals surface area contributed by atoms with Crippen LogP contribution in [-0.4, -0.2) is 36.2 Å².